The van der Waals surface area contributed by atoms with Crippen molar-refractivity contribution >= 4 is 29.9 Å². The summed E-state index contributed by atoms with van der Waals surface area (Å²) in [7, 11) is 0. The number of fused-ring (bicyclic) bond motifs is 2. The molecule has 4 rings (SSSR count). The van der Waals surface area contributed by atoms with Gasteiger partial charge in [0.25, 0.3) is 5.91 Å². The summed E-state index contributed by atoms with van der Waals surface area (Å²) < 4.78 is 5.70. The average molecular weight is 436 g/mol. The summed E-state index contributed by atoms with van der Waals surface area (Å²) in [6, 6.07) is 6.56. The maximum Gasteiger partial charge on any atom is 0.253 e. The molecule has 1 aromatic rings. The zero-order valence-corrected chi connectivity index (χ0v) is 18.6. The molecular formula is C23H34ClN3O3. The van der Waals surface area contributed by atoms with Gasteiger partial charge in [0.15, 0.2) is 0 Å². The molecular weight excluding hydrogens is 402 g/mol. The van der Waals surface area contributed by atoms with Crippen LogP contribution in [0.5, 0.6) is 5.75 Å². The van der Waals surface area contributed by atoms with Gasteiger partial charge in [-0.3, -0.25) is 9.59 Å². The molecule has 1 aromatic carbocycles. The smallest absolute Gasteiger partial charge is 0.253 e. The molecule has 0 aromatic heterocycles. The summed E-state index contributed by atoms with van der Waals surface area (Å²) in [6.45, 7) is 4.06. The summed E-state index contributed by atoms with van der Waals surface area (Å²) in [5.41, 5.74) is 1.22. The first-order valence-electron chi connectivity index (χ1n) is 11.2. The van der Waals surface area contributed by atoms with Crippen LogP contribution in [0.1, 0.15) is 68.6 Å². The van der Waals surface area contributed by atoms with Gasteiger partial charge in [0.1, 0.15) is 5.75 Å². The first-order chi connectivity index (χ1) is 14.1. The number of ether oxygens (including phenoxy) is 1. The highest BCUT2D eigenvalue weighted by Crippen LogP contribution is 2.33. The molecule has 0 spiro atoms. The molecule has 30 heavy (non-hydrogen) atoms. The SMILES string of the molecule is CCOc1ccc(C(=O)N2CCCCC2)cc1NC(=O)CC1CC2CCC(C1)N2.Cl. The second kappa shape index (κ2) is 10.5. The summed E-state index contributed by atoms with van der Waals surface area (Å²) in [5, 5.41) is 6.66. The van der Waals surface area contributed by atoms with Crippen molar-refractivity contribution in [2.45, 2.75) is 70.4 Å². The number of nitrogens with one attached hydrogen (secondary N) is 2. The van der Waals surface area contributed by atoms with E-state index in [0.29, 0.717) is 48.0 Å². The van der Waals surface area contributed by atoms with Crippen molar-refractivity contribution in [2.75, 3.05) is 25.0 Å². The lowest BCUT2D eigenvalue weighted by atomic mass is 9.89. The highest BCUT2D eigenvalue weighted by atomic mass is 35.5. The zero-order chi connectivity index (χ0) is 20.2. The highest BCUT2D eigenvalue weighted by Gasteiger charge is 2.34. The molecule has 7 heteroatoms. The number of rotatable bonds is 6. The molecule has 6 nitrogen and oxygen atoms in total. The molecule has 3 fully saturated rings. The molecule has 2 bridgehead atoms. The Labute approximate surface area is 185 Å². The van der Waals surface area contributed by atoms with Gasteiger partial charge in [0, 0.05) is 37.2 Å². The van der Waals surface area contributed by atoms with Gasteiger partial charge in [-0.15, -0.1) is 12.4 Å². The molecule has 3 heterocycles. The fraction of sp³-hybridized carbons (Fsp3) is 0.652. The van der Waals surface area contributed by atoms with Crippen LogP contribution in [0.2, 0.25) is 0 Å². The van der Waals surface area contributed by atoms with Crippen molar-refractivity contribution in [3.8, 4) is 5.75 Å². The first kappa shape index (κ1) is 22.9. The second-order valence-corrected chi connectivity index (χ2v) is 8.72. The van der Waals surface area contributed by atoms with E-state index in [-0.39, 0.29) is 24.2 Å². The summed E-state index contributed by atoms with van der Waals surface area (Å²) in [4.78, 5) is 27.6. The number of hydrogen-bond donors (Lipinski definition) is 2. The van der Waals surface area contributed by atoms with Gasteiger partial charge in [-0.25, -0.2) is 0 Å². The molecule has 3 saturated heterocycles. The van der Waals surface area contributed by atoms with Crippen molar-refractivity contribution in [2.24, 2.45) is 5.92 Å². The Morgan fingerprint density at radius 2 is 1.83 bits per heavy atom. The van der Waals surface area contributed by atoms with Crippen molar-refractivity contribution in [3.63, 3.8) is 0 Å². The van der Waals surface area contributed by atoms with Crippen LogP contribution in [0, 0.1) is 5.92 Å². The van der Waals surface area contributed by atoms with Crippen LogP contribution in [0.15, 0.2) is 18.2 Å². The van der Waals surface area contributed by atoms with Crippen molar-refractivity contribution in [1.82, 2.24) is 10.2 Å². The Kier molecular flexibility index (Phi) is 8.00. The number of amides is 2. The fourth-order valence-electron chi connectivity index (χ4n) is 5.13. The predicted octanol–water partition coefficient (Wildman–Crippen LogP) is 3.99. The van der Waals surface area contributed by atoms with Gasteiger partial charge in [0.2, 0.25) is 5.91 Å². The molecule has 2 N–H and O–H groups in total. The minimum Gasteiger partial charge on any atom is -0.492 e. The molecule has 3 aliphatic heterocycles. The number of hydrogen-bond acceptors (Lipinski definition) is 4. The number of carbonyl (C=O) groups is 2. The number of halogens is 1. The van der Waals surface area contributed by atoms with E-state index in [4.69, 9.17) is 4.74 Å². The third kappa shape index (κ3) is 5.46. The maximum absolute atomic E-state index is 12.9. The Balaban J connectivity index is 0.00000256. The largest absolute Gasteiger partial charge is 0.492 e. The average Bonchev–Trinajstić information content (AvgIpc) is 3.07. The third-order valence-electron chi connectivity index (χ3n) is 6.49. The van der Waals surface area contributed by atoms with E-state index < -0.39 is 0 Å². The van der Waals surface area contributed by atoms with E-state index in [2.05, 4.69) is 10.6 Å². The Hall–Kier alpha value is -1.79. The number of nitrogens with zero attached hydrogens (tertiary/aromatic N) is 1. The number of likely N-dealkylation sites (tertiary alicyclic amines) is 1. The minimum atomic E-state index is 0. The monoisotopic (exact) mass is 435 g/mol. The lowest BCUT2D eigenvalue weighted by Crippen LogP contribution is -2.39. The quantitative estimate of drug-likeness (QED) is 0.708. The van der Waals surface area contributed by atoms with Crippen LogP contribution in [0.4, 0.5) is 5.69 Å². The minimum absolute atomic E-state index is 0. The van der Waals surface area contributed by atoms with Crippen molar-refractivity contribution in [1.29, 1.82) is 0 Å². The van der Waals surface area contributed by atoms with E-state index in [1.54, 1.807) is 12.1 Å². The molecule has 2 unspecified atom stereocenters. The molecule has 2 atom stereocenters. The third-order valence-corrected chi connectivity index (χ3v) is 6.49. The van der Waals surface area contributed by atoms with Gasteiger partial charge in [0.05, 0.1) is 12.3 Å². The first-order valence-corrected chi connectivity index (χ1v) is 11.2. The Morgan fingerprint density at radius 3 is 2.50 bits per heavy atom. The molecule has 2 amide bonds. The standard InChI is InChI=1S/C23H33N3O3.ClH/c1-2-29-21-9-6-17(23(28)26-10-4-3-5-11-26)15-20(21)25-22(27)14-16-12-18-7-8-19(13-16)24-18;/h6,9,15-16,18-19,24H,2-5,7-8,10-14H2,1H3,(H,25,27);1H. The molecule has 0 saturated carbocycles. The fourth-order valence-corrected chi connectivity index (χ4v) is 5.13. The van der Waals surface area contributed by atoms with E-state index in [9.17, 15) is 9.59 Å². The van der Waals surface area contributed by atoms with Crippen LogP contribution >= 0.6 is 12.4 Å². The Morgan fingerprint density at radius 1 is 1.13 bits per heavy atom. The summed E-state index contributed by atoms with van der Waals surface area (Å²) in [6.07, 6.45) is 8.47. The number of carbonyl (C=O) groups excluding carboxylic acids is 2. The highest BCUT2D eigenvalue weighted by molar-refractivity contribution is 5.98. The van der Waals surface area contributed by atoms with Gasteiger partial charge in [-0.05, 0) is 76.0 Å². The van der Waals surface area contributed by atoms with E-state index >= 15 is 0 Å². The summed E-state index contributed by atoms with van der Waals surface area (Å²) >= 11 is 0. The number of anilines is 1. The second-order valence-electron chi connectivity index (χ2n) is 8.72. The van der Waals surface area contributed by atoms with Crippen molar-refractivity contribution in [3.05, 3.63) is 23.8 Å². The van der Waals surface area contributed by atoms with Crippen molar-refractivity contribution < 1.29 is 14.3 Å². The van der Waals surface area contributed by atoms with E-state index in [1.165, 1.54) is 19.3 Å². The molecule has 0 aliphatic carbocycles. The van der Waals surface area contributed by atoms with Gasteiger partial charge in [-0.1, -0.05) is 0 Å². The number of benzene rings is 1. The van der Waals surface area contributed by atoms with Crippen LogP contribution < -0.4 is 15.4 Å². The lowest BCUT2D eigenvalue weighted by Gasteiger charge is -2.28. The zero-order valence-electron chi connectivity index (χ0n) is 17.8. The number of piperidine rings is 2. The predicted molar refractivity (Wildman–Crippen MR) is 121 cm³/mol. The van der Waals surface area contributed by atoms with Crippen LogP contribution in [-0.2, 0) is 4.79 Å². The molecule has 0 radical (unpaired) electrons. The van der Waals surface area contributed by atoms with Gasteiger partial charge < -0.3 is 20.3 Å². The van der Waals surface area contributed by atoms with E-state index in [1.807, 2.05) is 17.9 Å². The molecule has 3 aliphatic rings. The topological polar surface area (TPSA) is 70.7 Å². The Bertz CT molecular complexity index is 739. The van der Waals surface area contributed by atoms with E-state index in [0.717, 1.165) is 38.8 Å². The van der Waals surface area contributed by atoms with Crippen LogP contribution in [-0.4, -0.2) is 48.5 Å². The molecule has 166 valence electrons. The van der Waals surface area contributed by atoms with Crippen LogP contribution in [0.3, 0.4) is 0 Å². The lowest BCUT2D eigenvalue weighted by molar-refractivity contribution is -0.117. The van der Waals surface area contributed by atoms with Crippen LogP contribution in [0.25, 0.3) is 0 Å². The maximum atomic E-state index is 12.9. The summed E-state index contributed by atoms with van der Waals surface area (Å²) in [5.74, 6) is 1.11. The van der Waals surface area contributed by atoms with Gasteiger partial charge >= 0.3 is 0 Å². The normalized spacial score (nSPS) is 25.4. The van der Waals surface area contributed by atoms with Gasteiger partial charge in [-0.2, -0.15) is 0 Å².